The summed E-state index contributed by atoms with van der Waals surface area (Å²) in [7, 11) is 1.17. The zero-order valence-electron chi connectivity index (χ0n) is 9.68. The Morgan fingerprint density at radius 2 is 1.72 bits per heavy atom. The van der Waals surface area contributed by atoms with Gasteiger partial charge in [-0.15, -0.1) is 0 Å². The molecule has 18 heavy (non-hydrogen) atoms. The van der Waals surface area contributed by atoms with Gasteiger partial charge in [0.2, 0.25) is 0 Å². The molecule has 102 valence electrons. The van der Waals surface area contributed by atoms with Crippen molar-refractivity contribution < 1.29 is 26.7 Å². The van der Waals surface area contributed by atoms with E-state index < -0.39 is 18.1 Å². The molecule has 0 spiro atoms. The minimum absolute atomic E-state index is 0.1000. The van der Waals surface area contributed by atoms with Gasteiger partial charge in [0.25, 0.3) is 0 Å². The number of methoxy groups -OCH3 is 1. The van der Waals surface area contributed by atoms with Crippen molar-refractivity contribution >= 4 is 0 Å². The number of rotatable bonds is 3. The Morgan fingerprint density at radius 1 is 1.17 bits per heavy atom. The van der Waals surface area contributed by atoms with E-state index >= 15 is 0 Å². The largest absolute Gasteiger partial charge is 0.496 e. The number of hydrogen-bond acceptors (Lipinski definition) is 2. The maximum Gasteiger partial charge on any atom is 0.455 e. The summed E-state index contributed by atoms with van der Waals surface area (Å²) in [6.45, 7) is 1.56. The molecule has 1 aromatic carbocycles. The van der Waals surface area contributed by atoms with Crippen LogP contribution in [0.4, 0.5) is 22.0 Å². The molecule has 0 fully saturated rings. The summed E-state index contributed by atoms with van der Waals surface area (Å²) in [5, 5.41) is 0. The van der Waals surface area contributed by atoms with Crippen molar-refractivity contribution in [1.29, 1.82) is 0 Å². The molecule has 1 unspecified atom stereocenters. The maximum absolute atomic E-state index is 13.2. The van der Waals surface area contributed by atoms with Crippen molar-refractivity contribution in [2.24, 2.45) is 5.73 Å². The van der Waals surface area contributed by atoms with Gasteiger partial charge in [0.05, 0.1) is 7.11 Å². The second-order valence-electron chi connectivity index (χ2n) is 3.84. The predicted molar refractivity (Wildman–Crippen MR) is 55.7 cm³/mol. The molecule has 0 bridgehead atoms. The molecule has 7 heteroatoms. The maximum atomic E-state index is 13.2. The molecule has 0 aliphatic carbocycles. The number of benzene rings is 1. The monoisotopic (exact) mass is 269 g/mol. The van der Waals surface area contributed by atoms with Crippen LogP contribution in [-0.4, -0.2) is 19.2 Å². The summed E-state index contributed by atoms with van der Waals surface area (Å²) in [6, 6.07) is 1.48. The van der Waals surface area contributed by atoms with E-state index in [2.05, 4.69) is 0 Å². The Labute approximate surface area is 101 Å². The molecule has 0 radical (unpaired) electrons. The van der Waals surface area contributed by atoms with Gasteiger partial charge in [-0.1, -0.05) is 17.7 Å². The van der Waals surface area contributed by atoms with Gasteiger partial charge in [0, 0.05) is 5.56 Å². The minimum atomic E-state index is -5.71. The van der Waals surface area contributed by atoms with Crippen LogP contribution in [0.3, 0.4) is 0 Å². The van der Waals surface area contributed by atoms with Gasteiger partial charge in [-0.2, -0.15) is 22.0 Å². The zero-order chi connectivity index (χ0) is 14.1. The third-order valence-corrected chi connectivity index (χ3v) is 2.49. The van der Waals surface area contributed by atoms with Gasteiger partial charge in [-0.25, -0.2) is 0 Å². The lowest BCUT2D eigenvalue weighted by Gasteiger charge is -2.27. The first kappa shape index (κ1) is 14.7. The summed E-state index contributed by atoms with van der Waals surface area (Å²) in [4.78, 5) is 0. The molecule has 1 atom stereocenters. The molecule has 2 nitrogen and oxygen atoms in total. The highest BCUT2D eigenvalue weighted by Gasteiger charge is 2.62. The van der Waals surface area contributed by atoms with Crippen molar-refractivity contribution in [3.8, 4) is 5.75 Å². The number of alkyl halides is 5. The van der Waals surface area contributed by atoms with E-state index in [0.29, 0.717) is 5.56 Å². The summed E-state index contributed by atoms with van der Waals surface area (Å²) in [5.41, 5.74) is 5.19. The molecule has 1 aromatic rings. The van der Waals surface area contributed by atoms with E-state index in [1.807, 2.05) is 0 Å². The number of hydrogen-bond donors (Lipinski definition) is 1. The van der Waals surface area contributed by atoms with Crippen LogP contribution in [0.25, 0.3) is 0 Å². The summed E-state index contributed by atoms with van der Waals surface area (Å²) < 4.78 is 67.8. The smallest absolute Gasteiger partial charge is 0.455 e. The topological polar surface area (TPSA) is 35.2 Å². The third-order valence-electron chi connectivity index (χ3n) is 2.49. The Kier molecular flexibility index (Phi) is 3.85. The Morgan fingerprint density at radius 3 is 2.17 bits per heavy atom. The van der Waals surface area contributed by atoms with E-state index in [4.69, 9.17) is 10.5 Å². The van der Waals surface area contributed by atoms with Crippen LogP contribution >= 0.6 is 0 Å². The van der Waals surface area contributed by atoms with E-state index in [1.165, 1.54) is 19.2 Å². The van der Waals surface area contributed by atoms with E-state index in [0.717, 1.165) is 6.07 Å². The lowest BCUT2D eigenvalue weighted by Crippen LogP contribution is -2.46. The first-order chi connectivity index (χ1) is 8.11. The van der Waals surface area contributed by atoms with Crippen LogP contribution in [0, 0.1) is 6.92 Å². The van der Waals surface area contributed by atoms with Crippen molar-refractivity contribution in [3.63, 3.8) is 0 Å². The van der Waals surface area contributed by atoms with Gasteiger partial charge in [-0.05, 0) is 13.0 Å². The second kappa shape index (κ2) is 4.72. The molecule has 1 rings (SSSR count). The molecule has 0 saturated heterocycles. The average molecular weight is 269 g/mol. The zero-order valence-corrected chi connectivity index (χ0v) is 9.68. The van der Waals surface area contributed by atoms with Gasteiger partial charge in [0.1, 0.15) is 11.8 Å². The quantitative estimate of drug-likeness (QED) is 0.855. The number of nitrogens with two attached hydrogens (primary N) is 1. The van der Waals surface area contributed by atoms with E-state index in [9.17, 15) is 22.0 Å². The number of halogens is 5. The first-order valence-corrected chi connectivity index (χ1v) is 4.96. The molecule has 2 N–H and O–H groups in total. The molecule has 0 amide bonds. The van der Waals surface area contributed by atoms with Crippen LogP contribution in [0.5, 0.6) is 5.75 Å². The third kappa shape index (κ3) is 2.55. The average Bonchev–Trinajstić information content (AvgIpc) is 2.26. The molecule has 0 aromatic heterocycles. The van der Waals surface area contributed by atoms with Gasteiger partial charge < -0.3 is 10.5 Å². The van der Waals surface area contributed by atoms with Gasteiger partial charge in [-0.3, -0.25) is 0 Å². The highest BCUT2D eigenvalue weighted by atomic mass is 19.4. The van der Waals surface area contributed by atoms with Crippen LogP contribution < -0.4 is 10.5 Å². The number of ether oxygens (including phenoxy) is 1. The fourth-order valence-electron chi connectivity index (χ4n) is 1.47. The summed E-state index contributed by atoms with van der Waals surface area (Å²) in [5.74, 6) is -5.12. The van der Waals surface area contributed by atoms with Crippen molar-refractivity contribution in [2.45, 2.75) is 25.1 Å². The fourth-order valence-corrected chi connectivity index (χ4v) is 1.47. The molecular formula is C11H12F5NO. The highest BCUT2D eigenvalue weighted by molar-refractivity contribution is 5.40. The van der Waals surface area contributed by atoms with Crippen molar-refractivity contribution in [1.82, 2.24) is 0 Å². The molecule has 0 heterocycles. The fraction of sp³-hybridized carbons (Fsp3) is 0.455. The normalized spacial score (nSPS) is 14.4. The lowest BCUT2D eigenvalue weighted by atomic mass is 9.98. The molecule has 0 saturated carbocycles. The van der Waals surface area contributed by atoms with Crippen molar-refractivity contribution in [3.05, 3.63) is 29.3 Å². The minimum Gasteiger partial charge on any atom is -0.496 e. The Hall–Kier alpha value is -1.37. The molecule has 0 aliphatic heterocycles. The molecule has 0 aliphatic rings. The SMILES string of the molecule is COc1ccc(C)cc1C(N)C(F)(F)C(F)(F)F. The Bertz CT molecular complexity index is 430. The van der Waals surface area contributed by atoms with Crippen LogP contribution in [0.15, 0.2) is 18.2 Å². The van der Waals surface area contributed by atoms with Crippen LogP contribution in [0.2, 0.25) is 0 Å². The lowest BCUT2D eigenvalue weighted by molar-refractivity contribution is -0.291. The summed E-state index contributed by atoms with van der Waals surface area (Å²) in [6.07, 6.45) is -5.71. The van der Waals surface area contributed by atoms with E-state index in [1.54, 1.807) is 6.92 Å². The van der Waals surface area contributed by atoms with Crippen LogP contribution in [0.1, 0.15) is 17.2 Å². The number of aryl methyl sites for hydroxylation is 1. The van der Waals surface area contributed by atoms with Crippen LogP contribution in [-0.2, 0) is 0 Å². The van der Waals surface area contributed by atoms with Gasteiger partial charge >= 0.3 is 12.1 Å². The summed E-state index contributed by atoms with van der Waals surface area (Å²) >= 11 is 0. The first-order valence-electron chi connectivity index (χ1n) is 4.96. The predicted octanol–water partition coefficient (Wildman–Crippen LogP) is 3.20. The highest BCUT2D eigenvalue weighted by Crippen LogP contribution is 2.45. The van der Waals surface area contributed by atoms with Gasteiger partial charge in [0.15, 0.2) is 0 Å². The van der Waals surface area contributed by atoms with E-state index in [-0.39, 0.29) is 11.3 Å². The molecular weight excluding hydrogens is 257 g/mol. The second-order valence-corrected chi connectivity index (χ2v) is 3.84. The standard InChI is InChI=1S/C11H12F5NO/c1-6-3-4-8(18-2)7(5-6)9(17)10(12,13)11(14,15)16/h3-5,9H,17H2,1-2H3. The Balaban J connectivity index is 3.26. The van der Waals surface area contributed by atoms with Crippen molar-refractivity contribution in [2.75, 3.05) is 7.11 Å².